The number of ether oxygens (including phenoxy) is 1. The number of methoxy groups -OCH3 is 1. The molecule has 0 fully saturated rings. The molecule has 5 nitrogen and oxygen atoms in total. The van der Waals surface area contributed by atoms with Crippen LogP contribution in [0.3, 0.4) is 0 Å². The Bertz CT molecular complexity index is 791. The number of fused-ring (bicyclic) bond motifs is 1. The average Bonchev–Trinajstić information content (AvgIpc) is 2.55. The number of nitrogen functional groups attached to an aromatic ring is 1. The summed E-state index contributed by atoms with van der Waals surface area (Å²) in [5, 5.41) is 0. The predicted octanol–water partition coefficient (Wildman–Crippen LogP) is 2.84. The van der Waals surface area contributed by atoms with Gasteiger partial charge in [-0.25, -0.2) is 8.42 Å². The van der Waals surface area contributed by atoms with Crippen LogP contribution in [0.5, 0.6) is 5.75 Å². The highest BCUT2D eigenvalue weighted by Crippen LogP contribution is 2.35. The number of nitrogens with two attached hydrogens (primary N) is 1. The fraction of sp³-hybridized carbons (Fsp3) is 0.250. The molecule has 124 valence electrons. The number of benzene rings is 2. The van der Waals surface area contributed by atoms with Crippen molar-refractivity contribution < 1.29 is 13.2 Å². The van der Waals surface area contributed by atoms with Crippen LogP contribution in [0.2, 0.25) is 0 Å². The molecule has 1 aliphatic rings. The molecule has 7 heteroatoms. The van der Waals surface area contributed by atoms with E-state index in [-0.39, 0.29) is 17.3 Å². The molecular weight excluding hydrogens is 336 g/mol. The Balaban J connectivity index is 0.00000192. The number of hydrogen-bond acceptors (Lipinski definition) is 4. The molecular formula is C16H19ClN2O3S. The summed E-state index contributed by atoms with van der Waals surface area (Å²) in [5.74, 6) is 0.627. The summed E-state index contributed by atoms with van der Waals surface area (Å²) in [7, 11) is -2.05. The molecule has 0 aliphatic carbocycles. The lowest BCUT2D eigenvalue weighted by Crippen LogP contribution is -2.35. The Hall–Kier alpha value is -1.92. The van der Waals surface area contributed by atoms with Gasteiger partial charge < -0.3 is 10.5 Å². The van der Waals surface area contributed by atoms with Crippen molar-refractivity contribution in [1.82, 2.24) is 0 Å². The summed E-state index contributed by atoms with van der Waals surface area (Å²) >= 11 is 0. The smallest absolute Gasteiger partial charge is 0.264 e. The molecule has 2 aromatic rings. The number of sulfonamides is 1. The van der Waals surface area contributed by atoms with Crippen molar-refractivity contribution in [1.29, 1.82) is 0 Å². The average molecular weight is 355 g/mol. The Labute approximate surface area is 142 Å². The maximum absolute atomic E-state index is 12.9. The van der Waals surface area contributed by atoms with E-state index in [9.17, 15) is 8.42 Å². The van der Waals surface area contributed by atoms with Crippen molar-refractivity contribution in [2.24, 2.45) is 0 Å². The summed E-state index contributed by atoms with van der Waals surface area (Å²) in [6, 6.07) is 11.8. The Kier molecular flexibility index (Phi) is 5.06. The minimum Gasteiger partial charge on any atom is -0.497 e. The summed E-state index contributed by atoms with van der Waals surface area (Å²) in [5.41, 5.74) is 8.22. The summed E-state index contributed by atoms with van der Waals surface area (Å²) in [4.78, 5) is 0.253. The molecule has 0 radical (unpaired) electrons. The number of nitrogens with zero attached hydrogens (tertiary/aromatic N) is 1. The van der Waals surface area contributed by atoms with Crippen molar-refractivity contribution in [3.05, 3.63) is 48.0 Å². The lowest BCUT2D eigenvalue weighted by molar-refractivity contribution is 0.414. The Morgan fingerprint density at radius 2 is 1.83 bits per heavy atom. The van der Waals surface area contributed by atoms with Gasteiger partial charge in [0.2, 0.25) is 0 Å². The van der Waals surface area contributed by atoms with Gasteiger partial charge >= 0.3 is 0 Å². The highest BCUT2D eigenvalue weighted by molar-refractivity contribution is 7.92. The van der Waals surface area contributed by atoms with Crippen molar-refractivity contribution in [3.8, 4) is 5.75 Å². The largest absolute Gasteiger partial charge is 0.497 e. The predicted molar refractivity (Wildman–Crippen MR) is 93.9 cm³/mol. The second kappa shape index (κ2) is 6.68. The fourth-order valence-electron chi connectivity index (χ4n) is 2.74. The molecule has 1 aliphatic heterocycles. The van der Waals surface area contributed by atoms with Crippen molar-refractivity contribution >= 4 is 33.8 Å². The van der Waals surface area contributed by atoms with E-state index in [2.05, 4.69) is 0 Å². The summed E-state index contributed by atoms with van der Waals surface area (Å²) in [6.07, 6.45) is 1.56. The third-order valence-electron chi connectivity index (χ3n) is 3.89. The van der Waals surface area contributed by atoms with Crippen LogP contribution < -0.4 is 14.8 Å². The van der Waals surface area contributed by atoms with E-state index in [4.69, 9.17) is 10.5 Å². The van der Waals surface area contributed by atoms with E-state index in [1.165, 1.54) is 4.31 Å². The van der Waals surface area contributed by atoms with Crippen molar-refractivity contribution in [3.63, 3.8) is 0 Å². The van der Waals surface area contributed by atoms with Crippen molar-refractivity contribution in [2.75, 3.05) is 23.7 Å². The standard InChI is InChI=1S/C16H18N2O3S.ClH/c1-21-12-7-9-13(10-8-12)22(19,20)18-11-3-4-14-15(17)5-2-6-16(14)18;/h2,5-10H,3-4,11,17H2,1H3;1H. The van der Waals surface area contributed by atoms with Crippen LogP contribution in [0.25, 0.3) is 0 Å². The van der Waals surface area contributed by atoms with Gasteiger partial charge in [0.15, 0.2) is 0 Å². The highest BCUT2D eigenvalue weighted by Gasteiger charge is 2.29. The Morgan fingerprint density at radius 3 is 2.48 bits per heavy atom. The summed E-state index contributed by atoms with van der Waals surface area (Å²) < 4.78 is 32.3. The van der Waals surface area contributed by atoms with Crippen molar-refractivity contribution in [2.45, 2.75) is 17.7 Å². The van der Waals surface area contributed by atoms with E-state index in [0.717, 1.165) is 18.4 Å². The van der Waals surface area contributed by atoms with E-state index < -0.39 is 10.0 Å². The van der Waals surface area contributed by atoms with Crippen LogP contribution in [0.1, 0.15) is 12.0 Å². The van der Waals surface area contributed by atoms with Crippen LogP contribution in [-0.2, 0) is 16.4 Å². The first kappa shape index (κ1) is 17.4. The van der Waals surface area contributed by atoms with Gasteiger partial charge in [-0.1, -0.05) is 6.07 Å². The molecule has 2 N–H and O–H groups in total. The van der Waals surface area contributed by atoms with E-state index in [0.29, 0.717) is 23.7 Å². The van der Waals surface area contributed by atoms with Crippen LogP contribution in [0.15, 0.2) is 47.4 Å². The minimum absolute atomic E-state index is 0. The lowest BCUT2D eigenvalue weighted by atomic mass is 10.0. The van der Waals surface area contributed by atoms with Gasteiger partial charge in [0, 0.05) is 12.2 Å². The normalized spacial score (nSPS) is 13.9. The van der Waals surface area contributed by atoms with Crippen LogP contribution >= 0.6 is 12.4 Å². The monoisotopic (exact) mass is 354 g/mol. The maximum atomic E-state index is 12.9. The molecule has 0 saturated carbocycles. The highest BCUT2D eigenvalue weighted by atomic mass is 35.5. The number of halogens is 1. The molecule has 0 amide bonds. The molecule has 1 heterocycles. The molecule has 0 aromatic heterocycles. The molecule has 0 bridgehead atoms. The third-order valence-corrected chi connectivity index (χ3v) is 5.72. The van der Waals surface area contributed by atoms with Crippen LogP contribution in [0, 0.1) is 0 Å². The number of rotatable bonds is 3. The Morgan fingerprint density at radius 1 is 1.13 bits per heavy atom. The molecule has 0 unspecified atom stereocenters. The molecule has 0 atom stereocenters. The van der Waals surface area contributed by atoms with Gasteiger partial charge in [-0.3, -0.25) is 4.31 Å². The first-order valence-electron chi connectivity index (χ1n) is 7.08. The quantitative estimate of drug-likeness (QED) is 0.860. The first-order valence-corrected chi connectivity index (χ1v) is 8.52. The molecule has 3 rings (SSSR count). The van der Waals surface area contributed by atoms with E-state index >= 15 is 0 Å². The number of hydrogen-bond donors (Lipinski definition) is 1. The van der Waals surface area contributed by atoms with Gasteiger partial charge in [0.05, 0.1) is 17.7 Å². The topological polar surface area (TPSA) is 72.6 Å². The number of anilines is 2. The SMILES string of the molecule is COc1ccc(S(=O)(=O)N2CCCc3c(N)cccc32)cc1.Cl. The summed E-state index contributed by atoms with van der Waals surface area (Å²) in [6.45, 7) is 0.463. The van der Waals surface area contributed by atoms with Crippen LogP contribution in [-0.4, -0.2) is 22.1 Å². The lowest BCUT2D eigenvalue weighted by Gasteiger charge is -2.31. The first-order chi connectivity index (χ1) is 10.5. The maximum Gasteiger partial charge on any atom is 0.264 e. The van der Waals surface area contributed by atoms with Gasteiger partial charge in [0.1, 0.15) is 5.75 Å². The van der Waals surface area contributed by atoms with Gasteiger partial charge in [-0.2, -0.15) is 0 Å². The van der Waals surface area contributed by atoms with Gasteiger partial charge in [0.25, 0.3) is 10.0 Å². The third kappa shape index (κ3) is 3.09. The second-order valence-corrected chi connectivity index (χ2v) is 7.06. The second-order valence-electron chi connectivity index (χ2n) is 5.20. The van der Waals surface area contributed by atoms with Gasteiger partial charge in [-0.15, -0.1) is 12.4 Å². The molecule has 2 aromatic carbocycles. The minimum atomic E-state index is -3.59. The van der Waals surface area contributed by atoms with Gasteiger partial charge in [-0.05, 0) is 54.8 Å². The van der Waals surface area contributed by atoms with Crippen LogP contribution in [0.4, 0.5) is 11.4 Å². The zero-order valence-corrected chi connectivity index (χ0v) is 14.4. The van der Waals surface area contributed by atoms with E-state index in [1.807, 2.05) is 12.1 Å². The molecule has 23 heavy (non-hydrogen) atoms. The molecule has 0 spiro atoms. The molecule has 0 saturated heterocycles. The van der Waals surface area contributed by atoms with E-state index in [1.54, 1.807) is 37.4 Å². The zero-order valence-electron chi connectivity index (χ0n) is 12.7. The fourth-order valence-corrected chi connectivity index (χ4v) is 4.28. The zero-order chi connectivity index (χ0) is 15.7.